The fraction of sp³-hybridized carbons (Fsp3) is 0.258. The highest BCUT2D eigenvalue weighted by Crippen LogP contribution is 2.35. The second-order valence-corrected chi connectivity index (χ2v) is 9.80. The number of carbonyl (C=O) groups excluding carboxylic acids is 1. The predicted molar refractivity (Wildman–Crippen MR) is 150 cm³/mol. The minimum atomic E-state index is -4.60. The second-order valence-electron chi connectivity index (χ2n) is 9.37. The van der Waals surface area contributed by atoms with E-state index in [1.807, 2.05) is 4.90 Å². The van der Waals surface area contributed by atoms with Crippen molar-refractivity contribution in [2.75, 3.05) is 20.2 Å². The number of halogens is 7. The van der Waals surface area contributed by atoms with Crippen LogP contribution < -0.4 is 5.32 Å². The zero-order valence-electron chi connectivity index (χ0n) is 22.6. The van der Waals surface area contributed by atoms with Crippen molar-refractivity contribution < 1.29 is 35.9 Å². The van der Waals surface area contributed by atoms with Crippen LogP contribution in [0.1, 0.15) is 39.9 Å². The Balaban J connectivity index is 2.19. The van der Waals surface area contributed by atoms with Gasteiger partial charge in [-0.05, 0) is 53.1 Å². The van der Waals surface area contributed by atoms with Gasteiger partial charge in [-0.2, -0.15) is 26.3 Å². The first-order valence-electron chi connectivity index (χ1n) is 12.7. The molecule has 4 nitrogen and oxygen atoms in total. The SMILES string of the molecule is C=CCN(CC=C)C(c1ccc(Cl)cc1)[C@@H](NC(c1ccc(C(F)(F)F)cc1)c1ccc(C(F)(F)F)cc1)C(=O)OC. The van der Waals surface area contributed by atoms with E-state index in [-0.39, 0.29) is 11.1 Å². The maximum atomic E-state index is 13.4. The summed E-state index contributed by atoms with van der Waals surface area (Å²) in [4.78, 5) is 15.3. The fourth-order valence-electron chi connectivity index (χ4n) is 4.62. The molecule has 2 atom stereocenters. The van der Waals surface area contributed by atoms with Crippen molar-refractivity contribution in [2.45, 2.75) is 30.5 Å². The third kappa shape index (κ3) is 8.24. The van der Waals surface area contributed by atoms with Crippen molar-refractivity contribution in [3.63, 3.8) is 0 Å². The molecule has 0 saturated carbocycles. The summed E-state index contributed by atoms with van der Waals surface area (Å²) in [5, 5.41) is 3.63. The molecule has 0 aromatic heterocycles. The van der Waals surface area contributed by atoms with Crippen LogP contribution in [0.4, 0.5) is 26.3 Å². The Morgan fingerprint density at radius 3 is 1.57 bits per heavy atom. The first-order valence-corrected chi connectivity index (χ1v) is 13.1. The van der Waals surface area contributed by atoms with Crippen molar-refractivity contribution in [3.8, 4) is 0 Å². The van der Waals surface area contributed by atoms with E-state index in [1.165, 1.54) is 31.4 Å². The average molecular weight is 611 g/mol. The highest BCUT2D eigenvalue weighted by molar-refractivity contribution is 6.30. The molecule has 224 valence electrons. The number of nitrogens with one attached hydrogen (secondary N) is 1. The minimum absolute atomic E-state index is 0.283. The van der Waals surface area contributed by atoms with Gasteiger partial charge >= 0.3 is 18.3 Å². The second kappa shape index (κ2) is 14.0. The summed E-state index contributed by atoms with van der Waals surface area (Å²) in [6.45, 7) is 8.19. The molecule has 3 rings (SSSR count). The number of esters is 1. The topological polar surface area (TPSA) is 41.6 Å². The number of hydrogen-bond donors (Lipinski definition) is 1. The highest BCUT2D eigenvalue weighted by atomic mass is 35.5. The van der Waals surface area contributed by atoms with Gasteiger partial charge in [-0.25, -0.2) is 0 Å². The summed E-state index contributed by atoms with van der Waals surface area (Å²) in [6, 6.07) is 12.2. The lowest BCUT2D eigenvalue weighted by Crippen LogP contribution is -2.50. The monoisotopic (exact) mass is 610 g/mol. The van der Waals surface area contributed by atoms with E-state index in [0.717, 1.165) is 24.3 Å². The van der Waals surface area contributed by atoms with Crippen molar-refractivity contribution in [1.29, 1.82) is 0 Å². The maximum absolute atomic E-state index is 13.4. The lowest BCUT2D eigenvalue weighted by Gasteiger charge is -2.37. The molecule has 0 fully saturated rings. The van der Waals surface area contributed by atoms with Crippen LogP contribution in [0.2, 0.25) is 5.02 Å². The Kier molecular flexibility index (Phi) is 11.0. The van der Waals surface area contributed by atoms with Crippen LogP contribution in [0.25, 0.3) is 0 Å². The van der Waals surface area contributed by atoms with Gasteiger partial charge < -0.3 is 4.74 Å². The standard InChI is InChI=1S/C31H29ClF6N2O2/c1-4-18-40(19-5-2)28(22-10-16-25(32)17-11-22)27(29(41)42-3)39-26(20-6-12-23(13-7-20)30(33,34)35)21-8-14-24(15-9-21)31(36,37)38/h4-17,26-28,39H,1-2,18-19H2,3H3/t27-,28?/m1/s1. The number of carbonyl (C=O) groups is 1. The summed E-state index contributed by atoms with van der Waals surface area (Å²) < 4.78 is 85.0. The van der Waals surface area contributed by atoms with Crippen LogP contribution >= 0.6 is 11.6 Å². The predicted octanol–water partition coefficient (Wildman–Crippen LogP) is 8.01. The van der Waals surface area contributed by atoms with Gasteiger partial charge in [-0.1, -0.05) is 60.2 Å². The molecule has 0 aliphatic rings. The van der Waals surface area contributed by atoms with E-state index in [9.17, 15) is 31.1 Å². The van der Waals surface area contributed by atoms with E-state index in [1.54, 1.807) is 36.4 Å². The summed E-state index contributed by atoms with van der Waals surface area (Å²) in [5.74, 6) is -0.711. The largest absolute Gasteiger partial charge is 0.468 e. The Morgan fingerprint density at radius 1 is 0.810 bits per heavy atom. The van der Waals surface area contributed by atoms with Crippen molar-refractivity contribution in [3.05, 3.63) is 131 Å². The first kappa shape index (κ1) is 32.9. The van der Waals surface area contributed by atoms with Crippen molar-refractivity contribution in [1.82, 2.24) is 10.2 Å². The lowest BCUT2D eigenvalue weighted by atomic mass is 9.92. The van der Waals surface area contributed by atoms with Gasteiger partial charge in [0.25, 0.3) is 0 Å². The highest BCUT2D eigenvalue weighted by Gasteiger charge is 2.37. The number of nitrogens with zero attached hydrogens (tertiary/aromatic N) is 1. The lowest BCUT2D eigenvalue weighted by molar-refractivity contribution is -0.145. The maximum Gasteiger partial charge on any atom is 0.416 e. The molecule has 0 aliphatic heterocycles. The molecule has 3 aromatic carbocycles. The number of rotatable bonds is 12. The molecule has 0 radical (unpaired) electrons. The summed E-state index contributed by atoms with van der Waals surface area (Å²) in [6.07, 6.45) is -5.94. The number of alkyl halides is 6. The summed E-state index contributed by atoms with van der Waals surface area (Å²) >= 11 is 6.11. The van der Waals surface area contributed by atoms with Gasteiger partial charge in [0, 0.05) is 18.1 Å². The van der Waals surface area contributed by atoms with E-state index < -0.39 is 47.6 Å². The number of methoxy groups -OCH3 is 1. The summed E-state index contributed by atoms with van der Waals surface area (Å²) in [5.41, 5.74) is -0.589. The molecule has 0 bridgehead atoms. The minimum Gasteiger partial charge on any atom is -0.468 e. The third-order valence-electron chi connectivity index (χ3n) is 6.59. The van der Waals surface area contributed by atoms with Gasteiger partial charge in [-0.3, -0.25) is 15.0 Å². The van der Waals surface area contributed by atoms with Crippen LogP contribution in [0, 0.1) is 0 Å². The molecule has 1 unspecified atom stereocenters. The Bertz CT molecular complexity index is 1270. The normalized spacial score (nSPS) is 13.6. The first-order chi connectivity index (χ1) is 19.8. The molecule has 0 heterocycles. The van der Waals surface area contributed by atoms with E-state index in [0.29, 0.717) is 23.7 Å². The number of ether oxygens (including phenoxy) is 1. The van der Waals surface area contributed by atoms with Gasteiger partial charge in [0.2, 0.25) is 0 Å². The van der Waals surface area contributed by atoms with Gasteiger partial charge in [-0.15, -0.1) is 13.2 Å². The molecule has 1 N–H and O–H groups in total. The third-order valence-corrected chi connectivity index (χ3v) is 6.84. The van der Waals surface area contributed by atoms with Crippen LogP contribution in [-0.4, -0.2) is 37.1 Å². The van der Waals surface area contributed by atoms with Crippen LogP contribution in [0.3, 0.4) is 0 Å². The number of hydrogen-bond acceptors (Lipinski definition) is 4. The quantitative estimate of drug-likeness (QED) is 0.128. The van der Waals surface area contributed by atoms with Crippen molar-refractivity contribution >= 4 is 17.6 Å². The van der Waals surface area contributed by atoms with E-state index in [2.05, 4.69) is 18.5 Å². The number of benzene rings is 3. The molecular weight excluding hydrogens is 582 g/mol. The molecule has 0 amide bonds. The molecule has 0 aliphatic carbocycles. The molecule has 0 saturated heterocycles. The molecular formula is C31H29ClF6N2O2. The van der Waals surface area contributed by atoms with E-state index in [4.69, 9.17) is 16.3 Å². The van der Waals surface area contributed by atoms with Crippen molar-refractivity contribution in [2.24, 2.45) is 0 Å². The van der Waals surface area contributed by atoms with Crippen LogP contribution in [0.15, 0.2) is 98.1 Å². The molecule has 42 heavy (non-hydrogen) atoms. The fourth-order valence-corrected chi connectivity index (χ4v) is 4.74. The smallest absolute Gasteiger partial charge is 0.416 e. The zero-order valence-corrected chi connectivity index (χ0v) is 23.3. The Morgan fingerprint density at radius 2 is 1.21 bits per heavy atom. The molecule has 3 aromatic rings. The Labute approximate surface area is 245 Å². The van der Waals surface area contributed by atoms with E-state index >= 15 is 0 Å². The van der Waals surface area contributed by atoms with Crippen LogP contribution in [0.5, 0.6) is 0 Å². The molecule has 11 heteroatoms. The molecule has 0 spiro atoms. The van der Waals surface area contributed by atoms with Crippen LogP contribution in [-0.2, 0) is 21.9 Å². The summed E-state index contributed by atoms with van der Waals surface area (Å²) in [7, 11) is 1.19. The van der Waals surface area contributed by atoms with Gasteiger partial charge in [0.05, 0.1) is 30.3 Å². The average Bonchev–Trinajstić information content (AvgIpc) is 2.95. The Hall–Kier alpha value is -3.60. The van der Waals surface area contributed by atoms with Gasteiger partial charge in [0.1, 0.15) is 6.04 Å². The zero-order chi connectivity index (χ0) is 31.1. The van der Waals surface area contributed by atoms with Gasteiger partial charge in [0.15, 0.2) is 0 Å².